The van der Waals surface area contributed by atoms with Crippen LogP contribution in [0.4, 0.5) is 15.5 Å². The van der Waals surface area contributed by atoms with Crippen LogP contribution in [0.3, 0.4) is 0 Å². The number of amides is 4. The molecule has 1 aliphatic heterocycles. The predicted octanol–water partition coefficient (Wildman–Crippen LogP) is 5.74. The van der Waals surface area contributed by atoms with E-state index in [1.807, 2.05) is 6.07 Å². The quantitative estimate of drug-likeness (QED) is 0.489. The van der Waals surface area contributed by atoms with Crippen molar-refractivity contribution in [2.24, 2.45) is 0 Å². The van der Waals surface area contributed by atoms with Crippen LogP contribution in [0.2, 0.25) is 10.0 Å². The fraction of sp³-hybridized carbons (Fsp3) is 0.435. The molecular weight excluding hydrogens is 483 g/mol. The minimum Gasteiger partial charge on any atom is -0.352 e. The number of rotatable bonds is 4. The van der Waals surface area contributed by atoms with Crippen molar-refractivity contribution in [3.63, 3.8) is 0 Å². The number of piperidine rings is 1. The second-order valence-electron chi connectivity index (χ2n) is 9.07. The van der Waals surface area contributed by atoms with Crippen LogP contribution in [-0.2, 0) is 10.2 Å². The highest BCUT2D eigenvalue weighted by Crippen LogP contribution is 2.37. The number of likely N-dealkylation sites (tertiary alicyclic amines) is 1. The number of nitrogens with one attached hydrogen (secondary N) is 3. The molecule has 1 aliphatic rings. The van der Waals surface area contributed by atoms with Crippen molar-refractivity contribution in [3.05, 3.63) is 44.8 Å². The van der Waals surface area contributed by atoms with Gasteiger partial charge in [0, 0.05) is 30.9 Å². The van der Waals surface area contributed by atoms with Gasteiger partial charge in [-0.3, -0.25) is 14.9 Å². The number of halogens is 2. The lowest BCUT2D eigenvalue weighted by Crippen LogP contribution is -2.49. The summed E-state index contributed by atoms with van der Waals surface area (Å²) in [6.45, 7) is 8.66. The first-order chi connectivity index (χ1) is 15.5. The van der Waals surface area contributed by atoms with E-state index in [1.54, 1.807) is 23.1 Å². The molecule has 2 heterocycles. The van der Waals surface area contributed by atoms with Crippen molar-refractivity contribution in [1.82, 2.24) is 10.2 Å². The van der Waals surface area contributed by atoms with Gasteiger partial charge in [-0.25, -0.2) is 4.79 Å². The Labute approximate surface area is 207 Å². The van der Waals surface area contributed by atoms with E-state index in [1.165, 1.54) is 18.3 Å². The molecule has 1 saturated heterocycles. The number of benzene rings is 1. The Hall–Kier alpha value is -2.29. The van der Waals surface area contributed by atoms with Gasteiger partial charge in [-0.1, -0.05) is 50.0 Å². The van der Waals surface area contributed by atoms with Crippen LogP contribution in [0.25, 0.3) is 0 Å². The zero-order valence-electron chi connectivity index (χ0n) is 19.1. The predicted molar refractivity (Wildman–Crippen MR) is 135 cm³/mol. The molecule has 7 nitrogen and oxygen atoms in total. The van der Waals surface area contributed by atoms with Gasteiger partial charge < -0.3 is 15.5 Å². The third kappa shape index (κ3) is 6.40. The summed E-state index contributed by atoms with van der Waals surface area (Å²) in [5, 5.41) is 9.43. The zero-order chi connectivity index (χ0) is 24.3. The minimum absolute atomic E-state index is 0.0781. The maximum absolute atomic E-state index is 13.4. The standard InChI is InChI=1S/C23H28Cl2N4O3S/c1-13(30)26-14-7-6-10-29(12-14)21(31)15-11-18(23(2,3)4)33-20(15)28-22(32)27-17-9-5-8-16(24)19(17)25/h5,8-9,11,14H,6-7,10,12H2,1-4H3,(H,26,30)(H2,27,28,32). The van der Waals surface area contributed by atoms with Gasteiger partial charge >= 0.3 is 6.03 Å². The van der Waals surface area contributed by atoms with E-state index < -0.39 is 6.03 Å². The number of carbonyl (C=O) groups is 3. The molecule has 0 bridgehead atoms. The third-order valence-electron chi connectivity index (χ3n) is 5.24. The van der Waals surface area contributed by atoms with Gasteiger partial charge in [0.25, 0.3) is 5.91 Å². The molecule has 0 spiro atoms. The number of nitrogens with zero attached hydrogens (tertiary/aromatic N) is 1. The largest absolute Gasteiger partial charge is 0.352 e. The second kappa shape index (κ2) is 10.3. The highest BCUT2D eigenvalue weighted by Gasteiger charge is 2.30. The number of anilines is 2. The van der Waals surface area contributed by atoms with Crippen LogP contribution in [0.5, 0.6) is 0 Å². The summed E-state index contributed by atoms with van der Waals surface area (Å²) in [6, 6.07) is 6.20. The van der Waals surface area contributed by atoms with Gasteiger partial charge in [-0.15, -0.1) is 11.3 Å². The molecule has 4 amide bonds. The number of thiophene rings is 1. The van der Waals surface area contributed by atoms with Crippen molar-refractivity contribution in [2.45, 2.75) is 52.0 Å². The second-order valence-corrected chi connectivity index (χ2v) is 10.9. The molecule has 3 rings (SSSR count). The monoisotopic (exact) mass is 510 g/mol. The van der Waals surface area contributed by atoms with Gasteiger partial charge in [-0.05, 0) is 36.5 Å². The molecule has 0 aliphatic carbocycles. The fourth-order valence-corrected chi connectivity index (χ4v) is 5.06. The van der Waals surface area contributed by atoms with E-state index in [4.69, 9.17) is 23.2 Å². The Bertz CT molecular complexity index is 1060. The van der Waals surface area contributed by atoms with Crippen LogP contribution in [-0.4, -0.2) is 41.9 Å². The van der Waals surface area contributed by atoms with Crippen molar-refractivity contribution < 1.29 is 14.4 Å². The molecule has 1 fully saturated rings. The Morgan fingerprint density at radius 3 is 2.55 bits per heavy atom. The average molecular weight is 511 g/mol. The van der Waals surface area contributed by atoms with E-state index >= 15 is 0 Å². The highest BCUT2D eigenvalue weighted by atomic mass is 35.5. The number of hydrogen-bond acceptors (Lipinski definition) is 4. The molecular formula is C23H28Cl2N4O3S. The van der Waals surface area contributed by atoms with Crippen LogP contribution >= 0.6 is 34.5 Å². The summed E-state index contributed by atoms with van der Waals surface area (Å²) >= 11 is 13.6. The van der Waals surface area contributed by atoms with Crippen molar-refractivity contribution >= 4 is 63.1 Å². The minimum atomic E-state index is -0.523. The number of hydrogen-bond donors (Lipinski definition) is 3. The molecule has 0 radical (unpaired) electrons. The van der Waals surface area contributed by atoms with Crippen molar-refractivity contribution in [1.29, 1.82) is 0 Å². The first-order valence-corrected chi connectivity index (χ1v) is 12.3. The highest BCUT2D eigenvalue weighted by molar-refractivity contribution is 7.16. The van der Waals surface area contributed by atoms with Gasteiger partial charge in [0.05, 0.1) is 21.3 Å². The van der Waals surface area contributed by atoms with Gasteiger partial charge in [0.1, 0.15) is 5.00 Å². The summed E-state index contributed by atoms with van der Waals surface area (Å²) in [7, 11) is 0. The molecule has 0 saturated carbocycles. The topological polar surface area (TPSA) is 90.5 Å². The van der Waals surface area contributed by atoms with Gasteiger partial charge in [0.15, 0.2) is 0 Å². The van der Waals surface area contributed by atoms with E-state index in [9.17, 15) is 14.4 Å². The molecule has 3 N–H and O–H groups in total. The Kier molecular flexibility index (Phi) is 7.92. The molecule has 1 aromatic carbocycles. The summed E-state index contributed by atoms with van der Waals surface area (Å²) < 4.78 is 0. The Morgan fingerprint density at radius 2 is 1.88 bits per heavy atom. The first-order valence-electron chi connectivity index (χ1n) is 10.7. The Balaban J connectivity index is 1.83. The maximum atomic E-state index is 13.4. The number of carbonyl (C=O) groups excluding carboxylic acids is 3. The lowest BCUT2D eigenvalue weighted by molar-refractivity contribution is -0.120. The van der Waals surface area contributed by atoms with Crippen molar-refractivity contribution in [2.75, 3.05) is 23.7 Å². The van der Waals surface area contributed by atoms with Gasteiger partial charge in [-0.2, -0.15) is 0 Å². The zero-order valence-corrected chi connectivity index (χ0v) is 21.4. The smallest absolute Gasteiger partial charge is 0.324 e. The lowest BCUT2D eigenvalue weighted by Gasteiger charge is -2.33. The third-order valence-corrected chi connectivity index (χ3v) is 7.54. The van der Waals surface area contributed by atoms with E-state index in [2.05, 4.69) is 36.7 Å². The summed E-state index contributed by atoms with van der Waals surface area (Å²) in [5.74, 6) is -0.286. The Morgan fingerprint density at radius 1 is 1.15 bits per heavy atom. The first kappa shape index (κ1) is 25.3. The van der Waals surface area contributed by atoms with Crippen LogP contribution < -0.4 is 16.0 Å². The molecule has 1 atom stereocenters. The molecule has 1 aromatic heterocycles. The summed E-state index contributed by atoms with van der Waals surface area (Å²) in [5.41, 5.74) is 0.601. The average Bonchev–Trinajstić information content (AvgIpc) is 3.14. The van der Waals surface area contributed by atoms with Crippen LogP contribution in [0.15, 0.2) is 24.3 Å². The summed E-state index contributed by atoms with van der Waals surface area (Å²) in [6.07, 6.45) is 1.62. The van der Waals surface area contributed by atoms with Crippen LogP contribution in [0.1, 0.15) is 55.8 Å². The lowest BCUT2D eigenvalue weighted by atomic mass is 9.94. The normalized spacial score (nSPS) is 16.3. The molecule has 178 valence electrons. The SMILES string of the molecule is CC(=O)NC1CCCN(C(=O)c2cc(C(C)(C)C)sc2NC(=O)Nc2cccc(Cl)c2Cl)C1. The van der Waals surface area contributed by atoms with E-state index in [-0.39, 0.29) is 28.3 Å². The molecule has 33 heavy (non-hydrogen) atoms. The molecule has 10 heteroatoms. The van der Waals surface area contributed by atoms with E-state index in [0.717, 1.165) is 17.7 Å². The summed E-state index contributed by atoms with van der Waals surface area (Å²) in [4.78, 5) is 40.3. The number of urea groups is 1. The van der Waals surface area contributed by atoms with Crippen molar-refractivity contribution in [3.8, 4) is 0 Å². The fourth-order valence-electron chi connectivity index (χ4n) is 3.61. The maximum Gasteiger partial charge on any atom is 0.324 e. The molecule has 1 unspecified atom stereocenters. The van der Waals surface area contributed by atoms with E-state index in [0.29, 0.717) is 34.4 Å². The molecule has 2 aromatic rings. The van der Waals surface area contributed by atoms with Crippen LogP contribution in [0, 0.1) is 0 Å². The van der Waals surface area contributed by atoms with Gasteiger partial charge in [0.2, 0.25) is 5.91 Å².